The minimum atomic E-state index is -1.16. The normalized spacial score (nSPS) is 15.2. The molecule has 0 saturated carbocycles. The first-order valence-corrected chi connectivity index (χ1v) is 9.60. The first-order chi connectivity index (χ1) is 14.3. The Morgan fingerprint density at radius 1 is 0.933 bits per heavy atom. The molecule has 0 aliphatic carbocycles. The fraction of sp³-hybridized carbons (Fsp3) is 0.217. The number of benzene rings is 2. The average molecular weight is 404 g/mol. The van der Waals surface area contributed by atoms with Gasteiger partial charge in [0.25, 0.3) is 11.8 Å². The van der Waals surface area contributed by atoms with Crippen molar-refractivity contribution in [2.75, 3.05) is 0 Å². The number of para-hydroxylation sites is 1. The molecule has 152 valence electrons. The maximum Gasteiger partial charge on any atom is 0.329 e. The van der Waals surface area contributed by atoms with Crippen LogP contribution in [0.5, 0.6) is 0 Å². The minimum absolute atomic E-state index is 0.251. The number of H-pyrrole nitrogens is 1. The number of carbonyl (C=O) groups excluding carboxylic acids is 4. The topological polar surface area (TPSA) is 96.5 Å². The van der Waals surface area contributed by atoms with Gasteiger partial charge in [0.15, 0.2) is 6.10 Å². The molecule has 7 heteroatoms. The lowest BCUT2D eigenvalue weighted by atomic mass is 10.0. The molecule has 1 aliphatic rings. The summed E-state index contributed by atoms with van der Waals surface area (Å²) in [5.74, 6) is -2.27. The fourth-order valence-corrected chi connectivity index (χ4v) is 3.79. The van der Waals surface area contributed by atoms with Gasteiger partial charge in [-0.1, -0.05) is 30.3 Å². The van der Waals surface area contributed by atoms with Crippen LogP contribution in [0.3, 0.4) is 0 Å². The summed E-state index contributed by atoms with van der Waals surface area (Å²) in [4.78, 5) is 54.8. The lowest BCUT2D eigenvalue weighted by Crippen LogP contribution is -2.45. The van der Waals surface area contributed by atoms with E-state index in [1.54, 1.807) is 31.2 Å². The van der Waals surface area contributed by atoms with E-state index in [2.05, 4.69) is 4.98 Å². The first kappa shape index (κ1) is 19.6. The molecule has 0 fully saturated rings. The molecular formula is C23H20N2O5. The van der Waals surface area contributed by atoms with Crippen molar-refractivity contribution in [2.45, 2.75) is 32.9 Å². The number of esters is 1. The number of rotatable bonds is 5. The Kier molecular flexibility index (Phi) is 4.73. The van der Waals surface area contributed by atoms with Gasteiger partial charge in [-0.3, -0.25) is 19.3 Å². The van der Waals surface area contributed by atoms with Gasteiger partial charge in [0, 0.05) is 22.2 Å². The van der Waals surface area contributed by atoms with Gasteiger partial charge in [0.1, 0.15) is 6.04 Å². The van der Waals surface area contributed by atoms with Gasteiger partial charge in [-0.2, -0.15) is 0 Å². The van der Waals surface area contributed by atoms with Crippen LogP contribution in [-0.4, -0.2) is 45.6 Å². The molecule has 2 atom stereocenters. The third-order valence-electron chi connectivity index (χ3n) is 5.36. The molecule has 1 N–H and O–H groups in total. The predicted molar refractivity (Wildman–Crippen MR) is 109 cm³/mol. The molecule has 0 bridgehead atoms. The Labute approximate surface area is 172 Å². The minimum Gasteiger partial charge on any atom is -0.453 e. The van der Waals surface area contributed by atoms with Crippen molar-refractivity contribution in [2.24, 2.45) is 0 Å². The molecule has 4 rings (SSSR count). The molecule has 7 nitrogen and oxygen atoms in total. The summed E-state index contributed by atoms with van der Waals surface area (Å²) >= 11 is 0. The molecular weight excluding hydrogens is 384 g/mol. The zero-order valence-electron chi connectivity index (χ0n) is 16.8. The van der Waals surface area contributed by atoms with Crippen molar-refractivity contribution < 1.29 is 23.9 Å². The number of aryl methyl sites for hydroxylation is 1. The Hall–Kier alpha value is -3.74. The van der Waals surface area contributed by atoms with Gasteiger partial charge in [0.05, 0.1) is 11.1 Å². The maximum atomic E-state index is 13.0. The van der Waals surface area contributed by atoms with Crippen LogP contribution in [0.25, 0.3) is 10.9 Å². The summed E-state index contributed by atoms with van der Waals surface area (Å²) in [6.07, 6.45) is -1.08. The van der Waals surface area contributed by atoms with Crippen molar-refractivity contribution >= 4 is 34.5 Å². The molecule has 3 aromatic rings. The van der Waals surface area contributed by atoms with Crippen LogP contribution < -0.4 is 0 Å². The van der Waals surface area contributed by atoms with Crippen LogP contribution in [0, 0.1) is 6.92 Å². The number of hydrogen-bond donors (Lipinski definition) is 1. The first-order valence-electron chi connectivity index (χ1n) is 9.60. The van der Waals surface area contributed by atoms with E-state index in [0.717, 1.165) is 15.8 Å². The highest BCUT2D eigenvalue weighted by molar-refractivity contribution is 6.22. The highest BCUT2D eigenvalue weighted by Gasteiger charge is 2.42. The maximum absolute atomic E-state index is 13.0. The Bertz CT molecular complexity index is 1170. The van der Waals surface area contributed by atoms with Crippen molar-refractivity contribution in [1.29, 1.82) is 0 Å². The van der Waals surface area contributed by atoms with Crippen LogP contribution in [0.15, 0.2) is 48.5 Å². The molecule has 0 spiro atoms. The summed E-state index contributed by atoms with van der Waals surface area (Å²) in [7, 11) is 0. The van der Waals surface area contributed by atoms with Gasteiger partial charge in [-0.05, 0) is 39.0 Å². The zero-order chi connectivity index (χ0) is 21.6. The quantitative estimate of drug-likeness (QED) is 0.400. The summed E-state index contributed by atoms with van der Waals surface area (Å²) in [5, 5.41) is 0.747. The third-order valence-corrected chi connectivity index (χ3v) is 5.36. The lowest BCUT2D eigenvalue weighted by molar-refractivity contribution is -0.150. The third kappa shape index (κ3) is 2.99. The highest BCUT2D eigenvalue weighted by atomic mass is 16.5. The van der Waals surface area contributed by atoms with Crippen molar-refractivity contribution in [3.63, 3.8) is 0 Å². The second-order valence-electron chi connectivity index (χ2n) is 7.32. The molecule has 0 radical (unpaired) electrons. The average Bonchev–Trinajstić information content (AvgIpc) is 3.20. The molecule has 1 aliphatic heterocycles. The van der Waals surface area contributed by atoms with Crippen molar-refractivity contribution in [3.05, 3.63) is 70.9 Å². The van der Waals surface area contributed by atoms with Gasteiger partial charge in [-0.25, -0.2) is 4.79 Å². The Morgan fingerprint density at radius 3 is 2.13 bits per heavy atom. The number of hydrogen-bond acceptors (Lipinski definition) is 5. The van der Waals surface area contributed by atoms with Crippen LogP contribution in [0.2, 0.25) is 0 Å². The molecule has 2 aromatic carbocycles. The van der Waals surface area contributed by atoms with Crippen LogP contribution in [0.1, 0.15) is 50.6 Å². The monoisotopic (exact) mass is 404 g/mol. The number of nitrogens with zero attached hydrogens (tertiary/aromatic N) is 1. The number of nitrogens with one attached hydrogen (secondary N) is 1. The number of amides is 2. The van der Waals surface area contributed by atoms with Crippen molar-refractivity contribution in [1.82, 2.24) is 9.88 Å². The largest absolute Gasteiger partial charge is 0.453 e. The SMILES string of the molecule is Cc1[nH]c2ccccc2c1C(=O)[C@H](C)OC(=O)[C@@H](C)N1C(=O)c2ccccc2C1=O. The number of ether oxygens (including phenoxy) is 1. The summed E-state index contributed by atoms with van der Waals surface area (Å²) < 4.78 is 5.36. The van der Waals surface area contributed by atoms with E-state index in [1.807, 2.05) is 24.3 Å². The molecule has 2 heterocycles. The number of aromatic amines is 1. The van der Waals surface area contributed by atoms with E-state index in [0.29, 0.717) is 11.3 Å². The standard InChI is InChI=1S/C23H20N2O5/c1-12-19(17-10-6-7-11-18(17)24-12)20(26)14(3)30-23(29)13(2)25-21(27)15-8-4-5-9-16(15)22(25)28/h4-11,13-14,24H,1-3H3/t13-,14+/m1/s1. The Morgan fingerprint density at radius 2 is 1.50 bits per heavy atom. The number of imide groups is 1. The summed E-state index contributed by atoms with van der Waals surface area (Å²) in [6, 6.07) is 12.6. The van der Waals surface area contributed by atoms with Crippen LogP contribution in [0.4, 0.5) is 0 Å². The molecule has 30 heavy (non-hydrogen) atoms. The van der Waals surface area contributed by atoms with E-state index in [4.69, 9.17) is 4.74 Å². The van der Waals surface area contributed by atoms with Crippen molar-refractivity contribution in [3.8, 4) is 0 Å². The molecule has 0 saturated heterocycles. The van der Waals surface area contributed by atoms with Crippen LogP contribution >= 0.6 is 0 Å². The number of carbonyl (C=O) groups is 4. The van der Waals surface area contributed by atoms with E-state index in [9.17, 15) is 19.2 Å². The van der Waals surface area contributed by atoms with E-state index in [1.165, 1.54) is 13.8 Å². The number of ketones is 1. The second kappa shape index (κ2) is 7.26. The number of fused-ring (bicyclic) bond motifs is 2. The van der Waals surface area contributed by atoms with E-state index in [-0.39, 0.29) is 16.9 Å². The predicted octanol–water partition coefficient (Wildman–Crippen LogP) is 3.28. The van der Waals surface area contributed by atoms with Crippen LogP contribution in [-0.2, 0) is 9.53 Å². The molecule has 2 amide bonds. The number of aromatic nitrogens is 1. The van der Waals surface area contributed by atoms with Gasteiger partial charge in [0.2, 0.25) is 5.78 Å². The van der Waals surface area contributed by atoms with Gasteiger partial charge >= 0.3 is 5.97 Å². The summed E-state index contributed by atoms with van der Waals surface area (Å²) in [6.45, 7) is 4.68. The molecule has 1 aromatic heterocycles. The van der Waals surface area contributed by atoms with Gasteiger partial charge in [-0.15, -0.1) is 0 Å². The molecule has 0 unspecified atom stereocenters. The highest BCUT2D eigenvalue weighted by Crippen LogP contribution is 2.26. The van der Waals surface area contributed by atoms with E-state index >= 15 is 0 Å². The lowest BCUT2D eigenvalue weighted by Gasteiger charge is -2.22. The summed E-state index contributed by atoms with van der Waals surface area (Å²) in [5.41, 5.74) is 2.45. The van der Waals surface area contributed by atoms with E-state index < -0.39 is 29.9 Å². The Balaban J connectivity index is 1.52. The zero-order valence-corrected chi connectivity index (χ0v) is 16.8. The van der Waals surface area contributed by atoms with Gasteiger partial charge < -0.3 is 9.72 Å². The smallest absolute Gasteiger partial charge is 0.329 e. The fourth-order valence-electron chi connectivity index (χ4n) is 3.79. The second-order valence-corrected chi connectivity index (χ2v) is 7.32. The number of Topliss-reactive ketones (excluding diaryl/α,β-unsaturated/α-hetero) is 1.